The van der Waals surface area contributed by atoms with Gasteiger partial charge in [-0.3, -0.25) is 0 Å². The van der Waals surface area contributed by atoms with Crippen LogP contribution in [0, 0.1) is 11.3 Å². The molecule has 2 aliphatic rings. The van der Waals surface area contributed by atoms with Crippen molar-refractivity contribution >= 4 is 27.5 Å². The Labute approximate surface area is 169 Å². The summed E-state index contributed by atoms with van der Waals surface area (Å²) in [6, 6.07) is 6.54. The monoisotopic (exact) mass is 430 g/mol. The minimum absolute atomic E-state index is 0.0248. The summed E-state index contributed by atoms with van der Waals surface area (Å²) >= 11 is 6.05. The minimum atomic E-state index is -3.40. The molecule has 2 N–H and O–H groups in total. The van der Waals surface area contributed by atoms with Crippen LogP contribution in [-0.4, -0.2) is 50.7 Å². The highest BCUT2D eigenvalue weighted by Gasteiger charge is 2.44. The lowest BCUT2D eigenvalue weighted by molar-refractivity contribution is 0.109. The summed E-state index contributed by atoms with van der Waals surface area (Å²) in [6.45, 7) is 0. The van der Waals surface area contributed by atoms with Gasteiger partial charge in [0.15, 0.2) is 9.84 Å². The predicted molar refractivity (Wildman–Crippen MR) is 102 cm³/mol. The molecule has 1 aromatic carbocycles. The van der Waals surface area contributed by atoms with E-state index in [-0.39, 0.29) is 16.0 Å². The quantitative estimate of drug-likeness (QED) is 0.735. The second-order valence-corrected chi connectivity index (χ2v) is 9.36. The van der Waals surface area contributed by atoms with Crippen molar-refractivity contribution in [2.75, 3.05) is 14.2 Å². The molecule has 0 aromatic heterocycles. The molecule has 3 rings (SSSR count). The van der Waals surface area contributed by atoms with Gasteiger partial charge in [0.05, 0.1) is 34.5 Å². The molecule has 2 saturated carbocycles. The molecule has 0 spiro atoms. The molecule has 1 aromatic rings. The standard InChI is InChI=1S/C13H17ClO4S.C5H6N2O2/c1-17-9-3-5-11(7-9)19(15,16)13-6-4-10(18-2)8-12(13)14;6-3-5(1-2-5)7-4(8)9/h4,6,8-9,11H,3,5,7H2,1-2H3;7H,1-2H2,(H,8,9)/t9-,11-;/m0./s1. The summed E-state index contributed by atoms with van der Waals surface area (Å²) in [6.07, 6.45) is 2.12. The molecule has 0 saturated heterocycles. The van der Waals surface area contributed by atoms with Crippen molar-refractivity contribution in [2.24, 2.45) is 0 Å². The van der Waals surface area contributed by atoms with E-state index in [1.165, 1.54) is 19.2 Å². The highest BCUT2D eigenvalue weighted by atomic mass is 35.5. The van der Waals surface area contributed by atoms with Gasteiger partial charge >= 0.3 is 6.09 Å². The normalized spacial score (nSPS) is 22.4. The van der Waals surface area contributed by atoms with Crippen molar-refractivity contribution in [1.82, 2.24) is 5.32 Å². The number of amides is 1. The fraction of sp³-hybridized carbons (Fsp3) is 0.556. The van der Waals surface area contributed by atoms with Crippen LogP contribution in [0.1, 0.15) is 32.1 Å². The first-order chi connectivity index (χ1) is 13.2. The van der Waals surface area contributed by atoms with Gasteiger partial charge in [-0.05, 0) is 44.2 Å². The van der Waals surface area contributed by atoms with E-state index in [9.17, 15) is 13.2 Å². The Hall–Kier alpha value is -2.02. The molecule has 28 heavy (non-hydrogen) atoms. The van der Waals surface area contributed by atoms with Crippen LogP contribution < -0.4 is 10.1 Å². The van der Waals surface area contributed by atoms with Crippen molar-refractivity contribution in [3.8, 4) is 11.8 Å². The van der Waals surface area contributed by atoms with Gasteiger partial charge in [-0.1, -0.05) is 11.6 Å². The fourth-order valence-electron chi connectivity index (χ4n) is 3.01. The first kappa shape index (κ1) is 22.3. The third-order valence-corrected chi connectivity index (χ3v) is 7.56. The Balaban J connectivity index is 0.000000261. The number of nitrogens with one attached hydrogen (secondary N) is 1. The lowest BCUT2D eigenvalue weighted by Crippen LogP contribution is -2.33. The summed E-state index contributed by atoms with van der Waals surface area (Å²) in [7, 11) is -0.280. The molecule has 2 aliphatic carbocycles. The van der Waals surface area contributed by atoms with Crippen molar-refractivity contribution in [3.05, 3.63) is 23.2 Å². The Morgan fingerprint density at radius 2 is 2.04 bits per heavy atom. The smallest absolute Gasteiger partial charge is 0.405 e. The van der Waals surface area contributed by atoms with Crippen LogP contribution in [-0.2, 0) is 14.6 Å². The predicted octanol–water partition coefficient (Wildman–Crippen LogP) is 3.00. The van der Waals surface area contributed by atoms with Crippen LogP contribution in [0.2, 0.25) is 5.02 Å². The van der Waals surface area contributed by atoms with Gasteiger partial charge in [0.1, 0.15) is 11.3 Å². The molecule has 2 fully saturated rings. The average molecular weight is 431 g/mol. The lowest BCUT2D eigenvalue weighted by atomic mass is 10.3. The summed E-state index contributed by atoms with van der Waals surface area (Å²) in [5.41, 5.74) is -0.730. The SMILES string of the molecule is COc1ccc(S(=O)(=O)[C@H]2CC[C@H](OC)C2)c(Cl)c1.N#CC1(NC(=O)O)CC1. The highest BCUT2D eigenvalue weighted by molar-refractivity contribution is 7.92. The molecule has 2 atom stereocenters. The van der Waals surface area contributed by atoms with Gasteiger partial charge in [-0.15, -0.1) is 0 Å². The number of sulfone groups is 1. The molecule has 1 amide bonds. The van der Waals surface area contributed by atoms with Crippen LogP contribution in [0.25, 0.3) is 0 Å². The molecule has 8 nitrogen and oxygen atoms in total. The molecular formula is C18H23ClN2O6S. The number of methoxy groups -OCH3 is 2. The number of halogens is 1. The minimum Gasteiger partial charge on any atom is -0.497 e. The Kier molecular flexibility index (Phi) is 7.15. The van der Waals surface area contributed by atoms with Crippen molar-refractivity contribution in [1.29, 1.82) is 5.26 Å². The number of ether oxygens (including phenoxy) is 2. The van der Waals surface area contributed by atoms with Crippen LogP contribution in [0.3, 0.4) is 0 Å². The molecule has 0 aliphatic heterocycles. The molecule has 154 valence electrons. The molecule has 0 heterocycles. The molecule has 0 radical (unpaired) electrons. The number of carbonyl (C=O) groups is 1. The van der Waals surface area contributed by atoms with E-state index in [0.717, 1.165) is 6.42 Å². The van der Waals surface area contributed by atoms with Crippen LogP contribution >= 0.6 is 11.6 Å². The number of benzene rings is 1. The third kappa shape index (κ3) is 5.28. The zero-order valence-corrected chi connectivity index (χ0v) is 17.2. The largest absolute Gasteiger partial charge is 0.497 e. The summed E-state index contributed by atoms with van der Waals surface area (Å²) in [5.74, 6) is 0.546. The lowest BCUT2D eigenvalue weighted by Gasteiger charge is -2.14. The van der Waals surface area contributed by atoms with Gasteiger partial charge in [-0.25, -0.2) is 13.2 Å². The van der Waals surface area contributed by atoms with Crippen LogP contribution in [0.4, 0.5) is 4.79 Å². The zero-order chi connectivity index (χ0) is 20.9. The molecule has 0 unspecified atom stereocenters. The van der Waals surface area contributed by atoms with E-state index < -0.39 is 26.7 Å². The van der Waals surface area contributed by atoms with Gasteiger partial charge in [0.2, 0.25) is 0 Å². The first-order valence-electron chi connectivity index (χ1n) is 8.70. The fourth-order valence-corrected chi connectivity index (χ4v) is 5.36. The topological polar surface area (TPSA) is 126 Å². The molecule has 10 heteroatoms. The number of hydrogen-bond donors (Lipinski definition) is 2. The number of rotatable bonds is 5. The second-order valence-electron chi connectivity index (χ2n) is 6.76. The number of nitriles is 1. The average Bonchev–Trinajstić information content (AvgIpc) is 3.24. The van der Waals surface area contributed by atoms with E-state index in [2.05, 4.69) is 5.32 Å². The number of hydrogen-bond acceptors (Lipinski definition) is 6. The number of nitrogens with zero attached hydrogens (tertiary/aromatic N) is 1. The molecule has 0 bridgehead atoms. The first-order valence-corrected chi connectivity index (χ1v) is 10.6. The van der Waals surface area contributed by atoms with Gasteiger partial charge in [0.25, 0.3) is 0 Å². The van der Waals surface area contributed by atoms with Gasteiger partial charge < -0.3 is 19.9 Å². The maximum atomic E-state index is 12.5. The summed E-state index contributed by atoms with van der Waals surface area (Å²) < 4.78 is 35.3. The van der Waals surface area contributed by atoms with E-state index >= 15 is 0 Å². The van der Waals surface area contributed by atoms with Crippen LogP contribution in [0.5, 0.6) is 5.75 Å². The second kappa shape index (κ2) is 8.99. The summed E-state index contributed by atoms with van der Waals surface area (Å²) in [5, 5.41) is 18.4. The van der Waals surface area contributed by atoms with E-state index in [1.807, 2.05) is 6.07 Å². The maximum absolute atomic E-state index is 12.5. The Morgan fingerprint density at radius 3 is 2.43 bits per heavy atom. The zero-order valence-electron chi connectivity index (χ0n) is 15.6. The Morgan fingerprint density at radius 1 is 1.36 bits per heavy atom. The number of carboxylic acid groups (broad SMARTS) is 1. The summed E-state index contributed by atoms with van der Waals surface area (Å²) in [4.78, 5) is 10.1. The third-order valence-electron chi connectivity index (χ3n) is 4.86. The molecular weight excluding hydrogens is 408 g/mol. The van der Waals surface area contributed by atoms with Gasteiger partial charge in [-0.2, -0.15) is 5.26 Å². The van der Waals surface area contributed by atoms with E-state index in [4.69, 9.17) is 31.4 Å². The Bertz CT molecular complexity index is 863. The van der Waals surface area contributed by atoms with E-state index in [1.54, 1.807) is 13.2 Å². The van der Waals surface area contributed by atoms with Crippen molar-refractivity contribution < 1.29 is 27.8 Å². The van der Waals surface area contributed by atoms with Crippen molar-refractivity contribution in [3.63, 3.8) is 0 Å². The highest BCUT2D eigenvalue weighted by Crippen LogP contribution is 2.35. The van der Waals surface area contributed by atoms with Crippen LogP contribution in [0.15, 0.2) is 23.1 Å². The maximum Gasteiger partial charge on any atom is 0.405 e. The van der Waals surface area contributed by atoms with Crippen molar-refractivity contribution in [2.45, 2.75) is 53.9 Å². The van der Waals surface area contributed by atoms with E-state index in [0.29, 0.717) is 31.4 Å². The van der Waals surface area contributed by atoms with Gasteiger partial charge in [0, 0.05) is 13.2 Å².